The van der Waals surface area contributed by atoms with Crippen molar-refractivity contribution in [3.8, 4) is 0 Å². The zero-order valence-electron chi connectivity index (χ0n) is 8.95. The molecule has 0 aliphatic carbocycles. The molecule has 1 aromatic rings. The molecule has 0 spiro atoms. The fraction of sp³-hybridized carbons (Fsp3) is 0.333. The van der Waals surface area contributed by atoms with E-state index in [1.54, 1.807) is 0 Å². The second-order valence-corrected chi connectivity index (χ2v) is 3.76. The van der Waals surface area contributed by atoms with Gasteiger partial charge in [0.05, 0.1) is 5.71 Å². The van der Waals surface area contributed by atoms with Gasteiger partial charge in [0, 0.05) is 0 Å². The summed E-state index contributed by atoms with van der Waals surface area (Å²) in [6, 6.07) is 9.81. The molecule has 1 unspecified atom stereocenters. The molecule has 3 nitrogen and oxygen atoms in total. The molecule has 0 bridgehead atoms. The summed E-state index contributed by atoms with van der Waals surface area (Å²) in [6.45, 7) is 3.91. The van der Waals surface area contributed by atoms with Crippen LogP contribution in [0.25, 0.3) is 0 Å². The molecule has 1 aliphatic rings. The number of carbonyl (C=O) groups is 1. The van der Waals surface area contributed by atoms with E-state index < -0.39 is 5.41 Å². The number of hydrazone groups is 1. The van der Waals surface area contributed by atoms with Crippen molar-refractivity contribution in [1.29, 1.82) is 0 Å². The fourth-order valence-electron chi connectivity index (χ4n) is 2.17. The maximum Gasteiger partial charge on any atom is 0.256 e. The van der Waals surface area contributed by atoms with Crippen molar-refractivity contribution in [3.63, 3.8) is 0 Å². The third kappa shape index (κ3) is 1.27. The summed E-state index contributed by atoms with van der Waals surface area (Å²) < 4.78 is 0. The lowest BCUT2D eigenvalue weighted by molar-refractivity contribution is -0.123. The van der Waals surface area contributed by atoms with Crippen molar-refractivity contribution in [2.24, 2.45) is 5.10 Å². The number of rotatable bonds is 2. The summed E-state index contributed by atoms with van der Waals surface area (Å²) in [5.74, 6) is -0.0197. The molecular weight excluding hydrogens is 188 g/mol. The molecule has 0 fully saturated rings. The summed E-state index contributed by atoms with van der Waals surface area (Å²) in [7, 11) is 0. The smallest absolute Gasteiger partial charge is 0.256 e. The second-order valence-electron chi connectivity index (χ2n) is 3.76. The van der Waals surface area contributed by atoms with E-state index in [1.807, 2.05) is 44.2 Å². The Hall–Kier alpha value is -1.64. The highest BCUT2D eigenvalue weighted by Gasteiger charge is 2.45. The predicted octanol–water partition coefficient (Wildman–Crippen LogP) is 1.84. The first kappa shape index (κ1) is 9.90. The van der Waals surface area contributed by atoms with Crippen LogP contribution in [0.15, 0.2) is 35.4 Å². The van der Waals surface area contributed by atoms with E-state index in [0.717, 1.165) is 17.7 Å². The van der Waals surface area contributed by atoms with Gasteiger partial charge in [0.25, 0.3) is 5.91 Å². The van der Waals surface area contributed by atoms with Crippen LogP contribution in [0.3, 0.4) is 0 Å². The molecule has 2 rings (SSSR count). The number of benzene rings is 1. The first-order valence-corrected chi connectivity index (χ1v) is 5.12. The highest BCUT2D eigenvalue weighted by atomic mass is 16.2. The molecule has 1 aromatic carbocycles. The molecule has 1 aliphatic heterocycles. The molecule has 0 saturated carbocycles. The minimum absolute atomic E-state index is 0.0197. The zero-order valence-corrected chi connectivity index (χ0v) is 8.95. The minimum Gasteiger partial charge on any atom is -0.272 e. The molecular formula is C12H14N2O. The van der Waals surface area contributed by atoms with Crippen LogP contribution >= 0.6 is 0 Å². The normalized spacial score (nSPS) is 24.9. The topological polar surface area (TPSA) is 41.5 Å². The average Bonchev–Trinajstić information content (AvgIpc) is 2.57. The lowest BCUT2D eigenvalue weighted by Crippen LogP contribution is -2.41. The Bertz CT molecular complexity index is 411. The van der Waals surface area contributed by atoms with Crippen LogP contribution in [-0.2, 0) is 10.2 Å². The maximum atomic E-state index is 11.9. The van der Waals surface area contributed by atoms with Gasteiger partial charge >= 0.3 is 0 Å². The van der Waals surface area contributed by atoms with Crippen LogP contribution in [0.4, 0.5) is 0 Å². The Balaban J connectivity index is 2.56. The molecule has 1 heterocycles. The monoisotopic (exact) mass is 202 g/mol. The van der Waals surface area contributed by atoms with Crippen molar-refractivity contribution in [2.75, 3.05) is 0 Å². The molecule has 1 atom stereocenters. The number of carbonyl (C=O) groups excluding carboxylic acids is 1. The van der Waals surface area contributed by atoms with E-state index in [0.29, 0.717) is 0 Å². The van der Waals surface area contributed by atoms with Crippen molar-refractivity contribution in [3.05, 3.63) is 35.9 Å². The average molecular weight is 202 g/mol. The second kappa shape index (κ2) is 3.50. The summed E-state index contributed by atoms with van der Waals surface area (Å²) >= 11 is 0. The van der Waals surface area contributed by atoms with E-state index in [4.69, 9.17) is 0 Å². The lowest BCUT2D eigenvalue weighted by Gasteiger charge is -2.25. The van der Waals surface area contributed by atoms with E-state index >= 15 is 0 Å². The summed E-state index contributed by atoms with van der Waals surface area (Å²) in [5.41, 5.74) is 3.87. The van der Waals surface area contributed by atoms with Crippen LogP contribution in [0.1, 0.15) is 25.8 Å². The number of amides is 1. The van der Waals surface area contributed by atoms with E-state index in [2.05, 4.69) is 10.5 Å². The van der Waals surface area contributed by atoms with Gasteiger partial charge in [-0.25, -0.2) is 5.43 Å². The Morgan fingerprint density at radius 2 is 2.00 bits per heavy atom. The van der Waals surface area contributed by atoms with Gasteiger partial charge in [-0.05, 0) is 18.9 Å². The van der Waals surface area contributed by atoms with Gasteiger partial charge in [-0.15, -0.1) is 0 Å². The summed E-state index contributed by atoms with van der Waals surface area (Å²) in [5, 5.41) is 4.04. The van der Waals surface area contributed by atoms with Gasteiger partial charge in [-0.2, -0.15) is 5.10 Å². The van der Waals surface area contributed by atoms with Gasteiger partial charge in [0.2, 0.25) is 0 Å². The van der Waals surface area contributed by atoms with Crippen molar-refractivity contribution >= 4 is 11.6 Å². The first-order valence-electron chi connectivity index (χ1n) is 5.12. The SMILES string of the molecule is CCC1(c2ccccc2)C(=O)NN=C1C. The van der Waals surface area contributed by atoms with Gasteiger partial charge in [0.1, 0.15) is 5.41 Å². The maximum absolute atomic E-state index is 11.9. The fourth-order valence-corrected chi connectivity index (χ4v) is 2.17. The lowest BCUT2D eigenvalue weighted by atomic mass is 9.74. The Morgan fingerprint density at radius 3 is 2.47 bits per heavy atom. The largest absolute Gasteiger partial charge is 0.272 e. The first-order chi connectivity index (χ1) is 7.21. The molecule has 0 saturated heterocycles. The van der Waals surface area contributed by atoms with Crippen LogP contribution in [0.2, 0.25) is 0 Å². The zero-order chi connectivity index (χ0) is 10.9. The summed E-state index contributed by atoms with van der Waals surface area (Å²) in [4.78, 5) is 11.9. The summed E-state index contributed by atoms with van der Waals surface area (Å²) in [6.07, 6.45) is 0.734. The van der Waals surface area contributed by atoms with Crippen LogP contribution < -0.4 is 5.43 Å². The quantitative estimate of drug-likeness (QED) is 0.781. The van der Waals surface area contributed by atoms with Crippen molar-refractivity contribution in [2.45, 2.75) is 25.7 Å². The van der Waals surface area contributed by atoms with E-state index in [1.165, 1.54) is 0 Å². The molecule has 78 valence electrons. The number of nitrogens with zero attached hydrogens (tertiary/aromatic N) is 1. The third-order valence-corrected chi connectivity index (χ3v) is 3.13. The molecule has 0 aromatic heterocycles. The highest BCUT2D eigenvalue weighted by Crippen LogP contribution is 2.32. The molecule has 1 amide bonds. The molecule has 15 heavy (non-hydrogen) atoms. The van der Waals surface area contributed by atoms with Crippen LogP contribution in [0.5, 0.6) is 0 Å². The van der Waals surface area contributed by atoms with Crippen LogP contribution in [-0.4, -0.2) is 11.6 Å². The Kier molecular flexibility index (Phi) is 2.31. The molecule has 0 radical (unpaired) electrons. The number of nitrogens with one attached hydrogen (secondary N) is 1. The Morgan fingerprint density at radius 1 is 1.33 bits per heavy atom. The van der Waals surface area contributed by atoms with Crippen molar-refractivity contribution in [1.82, 2.24) is 5.43 Å². The molecule has 3 heteroatoms. The van der Waals surface area contributed by atoms with Gasteiger partial charge in [0.15, 0.2) is 0 Å². The van der Waals surface area contributed by atoms with Crippen molar-refractivity contribution < 1.29 is 4.79 Å². The van der Waals surface area contributed by atoms with E-state index in [9.17, 15) is 4.79 Å². The number of hydrogen-bond donors (Lipinski definition) is 1. The minimum atomic E-state index is -0.554. The van der Waals surface area contributed by atoms with Gasteiger partial charge in [-0.1, -0.05) is 37.3 Å². The number of hydrogen-bond acceptors (Lipinski definition) is 2. The Labute approximate surface area is 89.2 Å². The van der Waals surface area contributed by atoms with Gasteiger partial charge in [-0.3, -0.25) is 4.79 Å². The van der Waals surface area contributed by atoms with Gasteiger partial charge < -0.3 is 0 Å². The molecule has 1 N–H and O–H groups in total. The predicted molar refractivity (Wildman–Crippen MR) is 59.7 cm³/mol. The van der Waals surface area contributed by atoms with E-state index in [-0.39, 0.29) is 5.91 Å². The highest BCUT2D eigenvalue weighted by molar-refractivity contribution is 6.16. The standard InChI is InChI=1S/C12H14N2O/c1-3-12(9(2)13-14-11(12)15)10-7-5-4-6-8-10/h4-8H,3H2,1-2H3,(H,14,15). The third-order valence-electron chi connectivity index (χ3n) is 3.13. The van der Waals surface area contributed by atoms with Crippen LogP contribution in [0, 0.1) is 0 Å².